The van der Waals surface area contributed by atoms with Gasteiger partial charge in [-0.05, 0) is 37.0 Å². The minimum atomic E-state index is 0.619. The molecule has 3 rings (SSSR count). The smallest absolute Gasteiger partial charge is 0.121 e. The van der Waals surface area contributed by atoms with Crippen LogP contribution in [-0.2, 0) is 6.61 Å². The topological polar surface area (TPSA) is 21.3 Å². The van der Waals surface area contributed by atoms with Crippen molar-refractivity contribution in [1.29, 1.82) is 0 Å². The second-order valence-corrected chi connectivity index (χ2v) is 5.07. The van der Waals surface area contributed by atoms with Crippen molar-refractivity contribution in [1.82, 2.24) is 0 Å². The van der Waals surface area contributed by atoms with Crippen LogP contribution >= 0.6 is 0 Å². The lowest BCUT2D eigenvalue weighted by molar-refractivity contribution is 0.306. The molecular formula is C17H19NO. The summed E-state index contributed by atoms with van der Waals surface area (Å²) in [6.07, 6.45) is 3.92. The zero-order valence-electron chi connectivity index (χ0n) is 11.0. The molecule has 0 bridgehead atoms. The van der Waals surface area contributed by atoms with Crippen LogP contribution in [0.3, 0.4) is 0 Å². The van der Waals surface area contributed by atoms with E-state index in [4.69, 9.17) is 4.74 Å². The van der Waals surface area contributed by atoms with Crippen molar-refractivity contribution in [2.45, 2.75) is 31.9 Å². The molecule has 0 aliphatic heterocycles. The molecule has 1 N–H and O–H groups in total. The molecule has 0 spiro atoms. The number of rotatable bonds is 5. The Morgan fingerprint density at radius 3 is 2.58 bits per heavy atom. The number of ether oxygens (including phenoxy) is 1. The van der Waals surface area contributed by atoms with Gasteiger partial charge in [-0.1, -0.05) is 36.4 Å². The number of benzene rings is 2. The molecule has 1 saturated carbocycles. The summed E-state index contributed by atoms with van der Waals surface area (Å²) in [4.78, 5) is 0. The van der Waals surface area contributed by atoms with E-state index in [1.165, 1.54) is 24.8 Å². The third kappa shape index (κ3) is 3.28. The lowest BCUT2D eigenvalue weighted by Crippen LogP contribution is -2.26. The molecule has 19 heavy (non-hydrogen) atoms. The summed E-state index contributed by atoms with van der Waals surface area (Å²) in [5.41, 5.74) is 2.36. The zero-order chi connectivity index (χ0) is 12.9. The highest BCUT2D eigenvalue weighted by Gasteiger charge is 2.16. The van der Waals surface area contributed by atoms with Crippen LogP contribution in [0.2, 0.25) is 0 Å². The van der Waals surface area contributed by atoms with Gasteiger partial charge < -0.3 is 10.1 Å². The molecule has 0 radical (unpaired) electrons. The van der Waals surface area contributed by atoms with E-state index in [0.29, 0.717) is 12.6 Å². The summed E-state index contributed by atoms with van der Waals surface area (Å²) < 4.78 is 5.83. The molecule has 2 heteroatoms. The highest BCUT2D eigenvalue weighted by molar-refractivity contribution is 5.49. The Kier molecular flexibility index (Phi) is 3.68. The van der Waals surface area contributed by atoms with Crippen molar-refractivity contribution < 1.29 is 4.74 Å². The highest BCUT2D eigenvalue weighted by Crippen LogP contribution is 2.25. The minimum Gasteiger partial charge on any atom is -0.489 e. The minimum absolute atomic E-state index is 0.619. The number of hydrogen-bond acceptors (Lipinski definition) is 2. The van der Waals surface area contributed by atoms with Crippen LogP contribution in [-0.4, -0.2) is 6.04 Å². The SMILES string of the molecule is c1ccc(COc2cccc(NC3CCC3)c2)cc1. The summed E-state index contributed by atoms with van der Waals surface area (Å²) in [5, 5.41) is 3.54. The van der Waals surface area contributed by atoms with Gasteiger partial charge in [-0.25, -0.2) is 0 Å². The zero-order valence-corrected chi connectivity index (χ0v) is 11.0. The van der Waals surface area contributed by atoms with Crippen LogP contribution in [0.15, 0.2) is 54.6 Å². The Hall–Kier alpha value is -1.96. The fourth-order valence-electron chi connectivity index (χ4n) is 2.20. The highest BCUT2D eigenvalue weighted by atomic mass is 16.5. The van der Waals surface area contributed by atoms with Crippen LogP contribution < -0.4 is 10.1 Å². The molecule has 1 fully saturated rings. The van der Waals surface area contributed by atoms with E-state index < -0.39 is 0 Å². The molecule has 0 unspecified atom stereocenters. The first-order valence-corrected chi connectivity index (χ1v) is 6.93. The maximum Gasteiger partial charge on any atom is 0.121 e. The quantitative estimate of drug-likeness (QED) is 0.861. The van der Waals surface area contributed by atoms with Gasteiger partial charge in [0, 0.05) is 17.8 Å². The molecule has 0 atom stereocenters. The van der Waals surface area contributed by atoms with Crippen molar-refractivity contribution in [3.05, 3.63) is 60.2 Å². The van der Waals surface area contributed by atoms with Gasteiger partial charge in [-0.15, -0.1) is 0 Å². The van der Waals surface area contributed by atoms with Gasteiger partial charge in [-0.3, -0.25) is 0 Å². The summed E-state index contributed by atoms with van der Waals surface area (Å²) in [6.45, 7) is 0.619. The second kappa shape index (κ2) is 5.79. The van der Waals surface area contributed by atoms with E-state index in [9.17, 15) is 0 Å². The summed E-state index contributed by atoms with van der Waals surface area (Å²) in [7, 11) is 0. The van der Waals surface area contributed by atoms with E-state index in [0.717, 1.165) is 11.4 Å². The maximum absolute atomic E-state index is 5.83. The Morgan fingerprint density at radius 2 is 1.84 bits per heavy atom. The Bertz CT molecular complexity index is 520. The van der Waals surface area contributed by atoms with Crippen LogP contribution in [0.4, 0.5) is 5.69 Å². The molecule has 0 amide bonds. The van der Waals surface area contributed by atoms with Crippen LogP contribution in [0, 0.1) is 0 Å². The molecule has 1 aliphatic carbocycles. The Labute approximate surface area is 114 Å². The van der Waals surface area contributed by atoms with Gasteiger partial charge in [0.1, 0.15) is 12.4 Å². The van der Waals surface area contributed by atoms with Crippen molar-refractivity contribution in [2.75, 3.05) is 5.32 Å². The standard InChI is InChI=1S/C17H19NO/c1-2-6-14(7-3-1)13-19-17-11-5-10-16(12-17)18-15-8-4-9-15/h1-3,5-7,10-12,15,18H,4,8-9,13H2. The lowest BCUT2D eigenvalue weighted by atomic mass is 9.93. The van der Waals surface area contributed by atoms with Crippen molar-refractivity contribution in [3.63, 3.8) is 0 Å². The fraction of sp³-hybridized carbons (Fsp3) is 0.294. The number of anilines is 1. The molecule has 2 aromatic carbocycles. The Balaban J connectivity index is 1.59. The second-order valence-electron chi connectivity index (χ2n) is 5.07. The number of nitrogens with one attached hydrogen (secondary N) is 1. The first-order valence-electron chi connectivity index (χ1n) is 6.93. The predicted octanol–water partition coefficient (Wildman–Crippen LogP) is 4.23. The van der Waals surface area contributed by atoms with Crippen LogP contribution in [0.25, 0.3) is 0 Å². The molecular weight excluding hydrogens is 234 g/mol. The van der Waals surface area contributed by atoms with Crippen LogP contribution in [0.5, 0.6) is 5.75 Å². The van der Waals surface area contributed by atoms with Crippen molar-refractivity contribution >= 4 is 5.69 Å². The van der Waals surface area contributed by atoms with Gasteiger partial charge in [0.05, 0.1) is 0 Å². The van der Waals surface area contributed by atoms with Gasteiger partial charge >= 0.3 is 0 Å². The molecule has 98 valence electrons. The van der Waals surface area contributed by atoms with E-state index in [1.807, 2.05) is 30.3 Å². The fourth-order valence-corrected chi connectivity index (χ4v) is 2.20. The first-order chi connectivity index (χ1) is 9.40. The molecule has 0 saturated heterocycles. The largest absolute Gasteiger partial charge is 0.489 e. The van der Waals surface area contributed by atoms with Gasteiger partial charge in [0.15, 0.2) is 0 Å². The van der Waals surface area contributed by atoms with Crippen LogP contribution in [0.1, 0.15) is 24.8 Å². The number of hydrogen-bond donors (Lipinski definition) is 1. The molecule has 0 heterocycles. The Morgan fingerprint density at radius 1 is 1.00 bits per heavy atom. The van der Waals surface area contributed by atoms with E-state index in [2.05, 4.69) is 29.6 Å². The average molecular weight is 253 g/mol. The van der Waals surface area contributed by atoms with E-state index in [1.54, 1.807) is 0 Å². The third-order valence-electron chi connectivity index (χ3n) is 3.56. The molecule has 1 aliphatic rings. The predicted molar refractivity (Wildman–Crippen MR) is 78.5 cm³/mol. The van der Waals surface area contributed by atoms with Gasteiger partial charge in [0.2, 0.25) is 0 Å². The molecule has 2 aromatic rings. The summed E-state index contributed by atoms with van der Waals surface area (Å²) in [6, 6.07) is 19.1. The van der Waals surface area contributed by atoms with Gasteiger partial charge in [-0.2, -0.15) is 0 Å². The first kappa shape index (κ1) is 12.1. The van der Waals surface area contributed by atoms with E-state index >= 15 is 0 Å². The average Bonchev–Trinajstić information content (AvgIpc) is 2.42. The van der Waals surface area contributed by atoms with Gasteiger partial charge in [0.25, 0.3) is 0 Å². The van der Waals surface area contributed by atoms with Crippen molar-refractivity contribution in [2.24, 2.45) is 0 Å². The molecule has 2 nitrogen and oxygen atoms in total. The summed E-state index contributed by atoms with van der Waals surface area (Å²) in [5.74, 6) is 0.924. The summed E-state index contributed by atoms with van der Waals surface area (Å²) >= 11 is 0. The maximum atomic E-state index is 5.83. The molecule has 0 aromatic heterocycles. The van der Waals surface area contributed by atoms with E-state index in [-0.39, 0.29) is 0 Å². The monoisotopic (exact) mass is 253 g/mol. The third-order valence-corrected chi connectivity index (χ3v) is 3.56. The van der Waals surface area contributed by atoms with Crippen molar-refractivity contribution in [3.8, 4) is 5.75 Å². The normalized spacial score (nSPS) is 14.7. The lowest BCUT2D eigenvalue weighted by Gasteiger charge is -2.27.